The highest BCUT2D eigenvalue weighted by atomic mass is 27.0. The fraction of sp³-hybridized carbons (Fsp3) is 0.833. The van der Waals surface area contributed by atoms with Gasteiger partial charge in [0, 0.05) is 10.8 Å². The van der Waals surface area contributed by atoms with Gasteiger partial charge in [0.05, 0.1) is 0 Å². The molecule has 0 aliphatic heterocycles. The third-order valence-electron chi connectivity index (χ3n) is 1.99. The van der Waals surface area contributed by atoms with Crippen molar-refractivity contribution in [2.24, 2.45) is 5.73 Å². The fourth-order valence-corrected chi connectivity index (χ4v) is 1.81. The fourth-order valence-electron chi connectivity index (χ4n) is 1.20. The first-order chi connectivity index (χ1) is 4.13. The maximum absolute atomic E-state index is 11.0. The molecule has 2 N–H and O–H groups in total. The number of ketones is 1. The monoisotopic (exact) mass is 141 g/mol. The number of nitrogens with two attached hydrogens (primary N) is 1. The van der Waals surface area contributed by atoms with Crippen LogP contribution in [0.1, 0.15) is 25.7 Å². The first kappa shape index (κ1) is 7.27. The lowest BCUT2D eigenvalue weighted by Gasteiger charge is -2.27. The van der Waals surface area contributed by atoms with E-state index in [4.69, 9.17) is 5.73 Å². The molecule has 2 nitrogen and oxygen atoms in total. The second-order valence-corrected chi connectivity index (χ2v) is 4.83. The quantitative estimate of drug-likeness (QED) is 0.458. The molecule has 0 aromatic heterocycles. The van der Waals surface area contributed by atoms with Crippen molar-refractivity contribution in [3.8, 4) is 0 Å². The second-order valence-electron chi connectivity index (χ2n) is 3.05. The van der Waals surface area contributed by atoms with E-state index in [2.05, 4.69) is 0 Å². The number of carbonyl (C=O) groups is 1. The summed E-state index contributed by atoms with van der Waals surface area (Å²) in [5, 5.41) is 0. The summed E-state index contributed by atoms with van der Waals surface area (Å²) in [4.78, 5) is 11.0. The van der Waals surface area contributed by atoms with Gasteiger partial charge in [0.25, 0.3) is 16.3 Å². The van der Waals surface area contributed by atoms with Crippen LogP contribution in [0.2, 0.25) is 0 Å². The molecule has 0 saturated heterocycles. The Morgan fingerprint density at radius 3 is 2.56 bits per heavy atom. The molecule has 3 heteroatoms. The van der Waals surface area contributed by atoms with Crippen molar-refractivity contribution in [3.05, 3.63) is 0 Å². The molecule has 1 unspecified atom stereocenters. The van der Waals surface area contributed by atoms with Gasteiger partial charge in [-0.15, -0.1) is 0 Å². The molecular weight excluding hydrogens is 129 g/mol. The van der Waals surface area contributed by atoms with Gasteiger partial charge in [0.1, 0.15) is 5.78 Å². The van der Waals surface area contributed by atoms with Gasteiger partial charge in [0.2, 0.25) is 0 Å². The van der Waals surface area contributed by atoms with E-state index < -0.39 is 0 Å². The van der Waals surface area contributed by atoms with E-state index in [9.17, 15) is 4.79 Å². The largest absolute Gasteiger partial charge is 0.332 e. The summed E-state index contributed by atoms with van der Waals surface area (Å²) in [5.41, 5.74) is 5.73. The van der Waals surface area contributed by atoms with Gasteiger partial charge in [-0.05, 0) is 12.8 Å². The Morgan fingerprint density at radius 2 is 2.22 bits per heavy atom. The summed E-state index contributed by atoms with van der Waals surface area (Å²) < 4.78 is -0.363. The van der Waals surface area contributed by atoms with Gasteiger partial charge >= 0.3 is 0 Å². The van der Waals surface area contributed by atoms with E-state index in [-0.39, 0.29) is 4.40 Å². The molecule has 50 valence electrons. The summed E-state index contributed by atoms with van der Waals surface area (Å²) >= 11 is 0.822. The van der Waals surface area contributed by atoms with Crippen LogP contribution >= 0.6 is 0 Å². The number of hydrogen-bond acceptors (Lipinski definition) is 2. The maximum atomic E-state index is 11.0. The minimum Gasteiger partial charge on any atom is -0.332 e. The van der Waals surface area contributed by atoms with Gasteiger partial charge in [0.15, 0.2) is 0 Å². The summed E-state index contributed by atoms with van der Waals surface area (Å²) in [6.07, 6.45) is 3.85. The molecule has 1 fully saturated rings. The Kier molecular flexibility index (Phi) is 1.95. The average molecular weight is 141 g/mol. The van der Waals surface area contributed by atoms with Crippen LogP contribution in [-0.4, -0.2) is 26.5 Å². The molecule has 0 heterocycles. The molecular formula is C6H12AlNO. The number of Topliss-reactive ketones (excluding diaryl/α,β-unsaturated/α-hetero) is 1. The molecule has 9 heavy (non-hydrogen) atoms. The Labute approximate surface area is 63.2 Å². The van der Waals surface area contributed by atoms with Crippen molar-refractivity contribution < 1.29 is 4.79 Å². The SMILES string of the molecule is N[C]1([AlH2])CCCCC1=O. The van der Waals surface area contributed by atoms with E-state index in [0.717, 1.165) is 42.0 Å². The Hall–Kier alpha value is 0.162. The van der Waals surface area contributed by atoms with Crippen molar-refractivity contribution >= 4 is 22.1 Å². The predicted octanol–water partition coefficient (Wildman–Crippen LogP) is -0.582. The summed E-state index contributed by atoms with van der Waals surface area (Å²) in [7, 11) is 0. The predicted molar refractivity (Wildman–Crippen MR) is 38.9 cm³/mol. The highest BCUT2D eigenvalue weighted by Gasteiger charge is 2.29. The van der Waals surface area contributed by atoms with E-state index in [1.165, 1.54) is 0 Å². The van der Waals surface area contributed by atoms with Crippen LogP contribution in [0, 0.1) is 0 Å². The van der Waals surface area contributed by atoms with Crippen molar-refractivity contribution in [1.82, 2.24) is 0 Å². The number of rotatable bonds is 0. The zero-order chi connectivity index (χ0) is 6.91. The highest BCUT2D eigenvalue weighted by molar-refractivity contribution is 6.28. The molecule has 1 aliphatic carbocycles. The van der Waals surface area contributed by atoms with Crippen LogP contribution in [0.4, 0.5) is 0 Å². The lowest BCUT2D eigenvalue weighted by atomic mass is 9.94. The standard InChI is InChI=1S/C6H10NO.Al.2H/c7-5-3-1-2-4-6(5)8;;;/h1-4,7H2;;;. The minimum atomic E-state index is -0.363. The Balaban J connectivity index is 2.60. The summed E-state index contributed by atoms with van der Waals surface area (Å²) in [5.74, 6) is 0.292. The third-order valence-corrected chi connectivity index (χ3v) is 3.04. The molecule has 0 radical (unpaired) electrons. The lowest BCUT2D eigenvalue weighted by Crippen LogP contribution is -2.50. The van der Waals surface area contributed by atoms with Crippen LogP contribution < -0.4 is 5.73 Å². The maximum Gasteiger partial charge on any atom is 0.256 e. The van der Waals surface area contributed by atoms with E-state index in [1.54, 1.807) is 0 Å². The second kappa shape index (κ2) is 2.42. The Bertz CT molecular complexity index is 133. The molecule has 1 saturated carbocycles. The van der Waals surface area contributed by atoms with E-state index >= 15 is 0 Å². The van der Waals surface area contributed by atoms with E-state index in [0.29, 0.717) is 5.78 Å². The summed E-state index contributed by atoms with van der Waals surface area (Å²) in [6.45, 7) is 0. The first-order valence-corrected chi connectivity index (χ1v) is 4.45. The zero-order valence-corrected chi connectivity index (χ0v) is 7.81. The number of carbonyl (C=O) groups excluding carboxylic acids is 1. The molecule has 0 spiro atoms. The van der Waals surface area contributed by atoms with Gasteiger partial charge in [-0.1, -0.05) is 6.42 Å². The molecule has 0 aromatic carbocycles. The molecule has 1 aliphatic rings. The number of hydrogen-bond donors (Lipinski definition) is 1. The first-order valence-electron chi connectivity index (χ1n) is 3.45. The molecule has 0 bridgehead atoms. The lowest BCUT2D eigenvalue weighted by molar-refractivity contribution is -0.123. The molecule has 0 amide bonds. The van der Waals surface area contributed by atoms with E-state index in [1.807, 2.05) is 0 Å². The normalized spacial score (nSPS) is 36.8. The van der Waals surface area contributed by atoms with Crippen LogP contribution in [0.3, 0.4) is 0 Å². The third kappa shape index (κ3) is 1.55. The zero-order valence-electron chi connectivity index (χ0n) is 5.81. The van der Waals surface area contributed by atoms with Crippen molar-refractivity contribution in [1.29, 1.82) is 0 Å². The van der Waals surface area contributed by atoms with Crippen molar-refractivity contribution in [2.45, 2.75) is 30.1 Å². The Morgan fingerprint density at radius 1 is 1.56 bits per heavy atom. The van der Waals surface area contributed by atoms with Gasteiger partial charge < -0.3 is 5.73 Å². The highest BCUT2D eigenvalue weighted by Crippen LogP contribution is 2.19. The van der Waals surface area contributed by atoms with Crippen LogP contribution in [0.25, 0.3) is 0 Å². The topological polar surface area (TPSA) is 43.1 Å². The van der Waals surface area contributed by atoms with Crippen molar-refractivity contribution in [2.75, 3.05) is 0 Å². The van der Waals surface area contributed by atoms with Crippen molar-refractivity contribution in [3.63, 3.8) is 0 Å². The van der Waals surface area contributed by atoms with Gasteiger partial charge in [-0.3, -0.25) is 4.79 Å². The van der Waals surface area contributed by atoms with Crippen LogP contribution in [0.5, 0.6) is 0 Å². The molecule has 0 aromatic rings. The summed E-state index contributed by atoms with van der Waals surface area (Å²) in [6, 6.07) is 0. The van der Waals surface area contributed by atoms with Gasteiger partial charge in [-0.25, -0.2) is 0 Å². The molecule has 1 rings (SSSR count). The molecule has 1 atom stereocenters. The van der Waals surface area contributed by atoms with Gasteiger partial charge in [-0.2, -0.15) is 0 Å². The van der Waals surface area contributed by atoms with Crippen LogP contribution in [-0.2, 0) is 4.79 Å². The smallest absolute Gasteiger partial charge is 0.256 e. The average Bonchev–Trinajstić information content (AvgIpc) is 1.77. The van der Waals surface area contributed by atoms with Crippen LogP contribution in [0.15, 0.2) is 0 Å². The minimum absolute atomic E-state index is 0.292.